The van der Waals surface area contributed by atoms with Gasteiger partial charge in [-0.25, -0.2) is 5.84 Å². The zero-order chi connectivity index (χ0) is 13.5. The van der Waals surface area contributed by atoms with Crippen LogP contribution in [-0.4, -0.2) is 34.8 Å². The Hall–Kier alpha value is -1.99. The van der Waals surface area contributed by atoms with Crippen LogP contribution in [-0.2, 0) is 11.3 Å². The van der Waals surface area contributed by atoms with Crippen molar-refractivity contribution < 1.29 is 9.59 Å². The van der Waals surface area contributed by atoms with Crippen molar-refractivity contribution in [3.63, 3.8) is 0 Å². The highest BCUT2D eigenvalue weighted by Crippen LogP contribution is 2.03. The van der Waals surface area contributed by atoms with Crippen molar-refractivity contribution in [3.8, 4) is 0 Å². The number of pyridine rings is 1. The van der Waals surface area contributed by atoms with Crippen LogP contribution < -0.4 is 17.0 Å². The van der Waals surface area contributed by atoms with Crippen LogP contribution in [0.5, 0.6) is 0 Å². The van der Waals surface area contributed by atoms with E-state index < -0.39 is 5.91 Å². The van der Waals surface area contributed by atoms with E-state index in [4.69, 9.17) is 11.6 Å². The Balaban J connectivity index is 2.67. The normalized spacial score (nSPS) is 10.4. The number of nitrogens with zero attached hydrogens (tertiary/aromatic N) is 2. The van der Waals surface area contributed by atoms with Gasteiger partial charge in [0.25, 0.3) is 5.91 Å². The monoisotopic (exact) mass is 251 g/mol. The summed E-state index contributed by atoms with van der Waals surface area (Å²) in [7, 11) is 0. The van der Waals surface area contributed by atoms with Crippen molar-refractivity contribution in [2.45, 2.75) is 13.5 Å². The predicted octanol–water partition coefficient (Wildman–Crippen LogP) is -1.01. The number of likely N-dealkylation sites (N-methyl/N-ethyl adjacent to an activating group) is 1. The molecule has 0 atom stereocenters. The number of nitrogen functional groups attached to an aromatic ring is 1. The molecule has 0 unspecified atom stereocenters. The van der Waals surface area contributed by atoms with Gasteiger partial charge in [-0.15, -0.1) is 0 Å². The highest BCUT2D eigenvalue weighted by atomic mass is 16.2. The predicted molar refractivity (Wildman–Crippen MR) is 66.0 cm³/mol. The second-order valence-corrected chi connectivity index (χ2v) is 3.78. The second kappa shape index (κ2) is 6.67. The first-order chi connectivity index (χ1) is 8.56. The fourth-order valence-corrected chi connectivity index (χ4v) is 1.46. The Morgan fingerprint density at radius 3 is 2.61 bits per heavy atom. The molecule has 1 aromatic heterocycles. The second-order valence-electron chi connectivity index (χ2n) is 3.78. The molecule has 0 saturated carbocycles. The fraction of sp³-hybridized carbons (Fsp3) is 0.364. The minimum atomic E-state index is -0.390. The van der Waals surface area contributed by atoms with E-state index in [0.717, 1.165) is 5.69 Å². The molecule has 1 rings (SSSR count). The molecule has 7 nitrogen and oxygen atoms in total. The first-order valence-corrected chi connectivity index (χ1v) is 5.53. The lowest BCUT2D eigenvalue weighted by molar-refractivity contribution is -0.119. The smallest absolute Gasteiger partial charge is 0.266 e. The lowest BCUT2D eigenvalue weighted by Gasteiger charge is -2.17. The van der Waals surface area contributed by atoms with E-state index in [9.17, 15) is 9.59 Å². The number of rotatable bonds is 6. The van der Waals surface area contributed by atoms with Crippen LogP contribution in [0, 0.1) is 0 Å². The summed E-state index contributed by atoms with van der Waals surface area (Å²) in [5.74, 6) is 4.24. The van der Waals surface area contributed by atoms with Crippen LogP contribution in [0.15, 0.2) is 18.3 Å². The molecule has 0 saturated heterocycles. The quantitative estimate of drug-likeness (QED) is 0.340. The van der Waals surface area contributed by atoms with Crippen LogP contribution in [0.25, 0.3) is 0 Å². The van der Waals surface area contributed by atoms with Crippen molar-refractivity contribution in [1.82, 2.24) is 15.3 Å². The number of aromatic nitrogens is 1. The van der Waals surface area contributed by atoms with Crippen molar-refractivity contribution in [1.29, 1.82) is 0 Å². The molecule has 18 heavy (non-hydrogen) atoms. The summed E-state index contributed by atoms with van der Waals surface area (Å²) in [6, 6.07) is 3.34. The van der Waals surface area contributed by atoms with Gasteiger partial charge in [0, 0.05) is 12.7 Å². The maximum Gasteiger partial charge on any atom is 0.266 e. The molecular weight excluding hydrogens is 234 g/mol. The number of nitrogens with one attached hydrogen (secondary N) is 1. The molecule has 98 valence electrons. The molecule has 0 aliphatic heterocycles. The van der Waals surface area contributed by atoms with Crippen molar-refractivity contribution in [3.05, 3.63) is 29.6 Å². The van der Waals surface area contributed by atoms with Gasteiger partial charge in [0.05, 0.1) is 17.8 Å². The first kappa shape index (κ1) is 14.1. The van der Waals surface area contributed by atoms with E-state index in [1.54, 1.807) is 12.1 Å². The Morgan fingerprint density at radius 1 is 1.44 bits per heavy atom. The summed E-state index contributed by atoms with van der Waals surface area (Å²) >= 11 is 0. The van der Waals surface area contributed by atoms with Gasteiger partial charge in [-0.1, -0.05) is 6.92 Å². The highest BCUT2D eigenvalue weighted by Gasteiger charge is 2.09. The molecular formula is C11H17N5O2. The minimum absolute atomic E-state index is 0.184. The zero-order valence-electron chi connectivity index (χ0n) is 10.2. The third-order valence-electron chi connectivity index (χ3n) is 2.43. The number of carbonyl (C=O) groups is 2. The Labute approximate surface area is 105 Å². The van der Waals surface area contributed by atoms with E-state index in [0.29, 0.717) is 18.7 Å². The van der Waals surface area contributed by atoms with Gasteiger partial charge in [0.15, 0.2) is 0 Å². The van der Waals surface area contributed by atoms with Crippen molar-refractivity contribution in [2.75, 3.05) is 13.1 Å². The summed E-state index contributed by atoms with van der Waals surface area (Å²) in [5, 5.41) is 0. The Morgan fingerprint density at radius 2 is 2.17 bits per heavy atom. The van der Waals surface area contributed by atoms with Crippen LogP contribution >= 0.6 is 0 Å². The van der Waals surface area contributed by atoms with Crippen LogP contribution in [0.2, 0.25) is 0 Å². The molecule has 0 aromatic carbocycles. The number of hydrogen-bond acceptors (Lipinski definition) is 5. The Kier molecular flexibility index (Phi) is 5.22. The van der Waals surface area contributed by atoms with Gasteiger partial charge in [0.2, 0.25) is 5.91 Å². The third kappa shape index (κ3) is 4.11. The Bertz CT molecular complexity index is 418. The first-order valence-electron chi connectivity index (χ1n) is 5.53. The summed E-state index contributed by atoms with van der Waals surface area (Å²) in [4.78, 5) is 28.0. The van der Waals surface area contributed by atoms with Gasteiger partial charge >= 0.3 is 0 Å². The molecule has 0 aliphatic rings. The zero-order valence-corrected chi connectivity index (χ0v) is 10.2. The summed E-state index contributed by atoms with van der Waals surface area (Å²) in [6.07, 6.45) is 1.44. The topological polar surface area (TPSA) is 114 Å². The van der Waals surface area contributed by atoms with Crippen LogP contribution in [0.3, 0.4) is 0 Å². The molecule has 5 N–H and O–H groups in total. The number of carbonyl (C=O) groups excluding carboxylic acids is 2. The summed E-state index contributed by atoms with van der Waals surface area (Å²) in [5.41, 5.74) is 8.31. The van der Waals surface area contributed by atoms with E-state index in [1.165, 1.54) is 6.20 Å². The molecule has 0 radical (unpaired) electrons. The lowest BCUT2D eigenvalue weighted by atomic mass is 10.2. The maximum atomic E-state index is 11.2. The number of hydrazine groups is 1. The molecule has 0 spiro atoms. The number of hydrogen-bond donors (Lipinski definition) is 3. The van der Waals surface area contributed by atoms with E-state index in [1.807, 2.05) is 17.2 Å². The van der Waals surface area contributed by atoms with Crippen molar-refractivity contribution >= 4 is 11.8 Å². The van der Waals surface area contributed by atoms with Crippen LogP contribution in [0.1, 0.15) is 23.0 Å². The van der Waals surface area contributed by atoms with Gasteiger partial charge in [-0.3, -0.25) is 24.9 Å². The van der Waals surface area contributed by atoms with E-state index >= 15 is 0 Å². The molecule has 2 amide bonds. The summed E-state index contributed by atoms with van der Waals surface area (Å²) < 4.78 is 0. The fourth-order valence-electron chi connectivity index (χ4n) is 1.46. The van der Waals surface area contributed by atoms with Gasteiger partial charge in [0.1, 0.15) is 0 Å². The van der Waals surface area contributed by atoms with Crippen molar-refractivity contribution in [2.24, 2.45) is 11.6 Å². The number of primary amides is 1. The van der Waals surface area contributed by atoms with E-state index in [-0.39, 0.29) is 12.5 Å². The molecule has 1 aromatic rings. The van der Waals surface area contributed by atoms with Gasteiger partial charge in [-0.2, -0.15) is 0 Å². The largest absolute Gasteiger partial charge is 0.369 e. The average Bonchev–Trinajstić information content (AvgIpc) is 2.37. The van der Waals surface area contributed by atoms with E-state index in [2.05, 4.69) is 4.98 Å². The number of nitrogens with two attached hydrogens (primary N) is 2. The SMILES string of the molecule is CCN(CC(N)=O)Cc1ccc(C(=O)NN)cn1. The molecule has 0 bridgehead atoms. The lowest BCUT2D eigenvalue weighted by Crippen LogP contribution is -2.33. The number of amides is 2. The maximum absolute atomic E-state index is 11.2. The average molecular weight is 251 g/mol. The third-order valence-corrected chi connectivity index (χ3v) is 2.43. The van der Waals surface area contributed by atoms with Gasteiger partial charge in [-0.05, 0) is 18.7 Å². The molecule has 1 heterocycles. The summed E-state index contributed by atoms with van der Waals surface area (Å²) in [6.45, 7) is 3.31. The van der Waals surface area contributed by atoms with Crippen LogP contribution in [0.4, 0.5) is 0 Å². The minimum Gasteiger partial charge on any atom is -0.369 e. The molecule has 0 aliphatic carbocycles. The molecule has 0 fully saturated rings. The van der Waals surface area contributed by atoms with Gasteiger partial charge < -0.3 is 5.73 Å². The highest BCUT2D eigenvalue weighted by molar-refractivity contribution is 5.93. The standard InChI is InChI=1S/C11H17N5O2/c1-2-16(7-10(12)17)6-9-4-3-8(5-14-9)11(18)15-13/h3-5H,2,6-7,13H2,1H3,(H2,12,17)(H,15,18). The molecule has 7 heteroatoms.